The number of methoxy groups -OCH3 is 2. The largest absolute Gasteiger partial charge is 0.481 e. The maximum absolute atomic E-state index is 15.7. The average Bonchev–Trinajstić information content (AvgIpc) is 3.71. The van der Waals surface area contributed by atoms with Gasteiger partial charge in [0.05, 0.1) is 37.0 Å². The van der Waals surface area contributed by atoms with Gasteiger partial charge in [0, 0.05) is 85.1 Å². The summed E-state index contributed by atoms with van der Waals surface area (Å²) in [5.41, 5.74) is 0.261. The molecule has 6 aromatic rings. The topological polar surface area (TPSA) is 184 Å². The van der Waals surface area contributed by atoms with Crippen molar-refractivity contribution in [1.82, 2.24) is 39.7 Å². The van der Waals surface area contributed by atoms with Crippen molar-refractivity contribution in [1.29, 1.82) is 0 Å². The van der Waals surface area contributed by atoms with Crippen LogP contribution in [0.3, 0.4) is 0 Å². The number of urea groups is 2. The van der Waals surface area contributed by atoms with Gasteiger partial charge < -0.3 is 9.47 Å². The van der Waals surface area contributed by atoms with Gasteiger partial charge in [-0.05, 0) is 105 Å². The van der Waals surface area contributed by atoms with Gasteiger partial charge in [-0.1, -0.05) is 36.4 Å². The van der Waals surface area contributed by atoms with Crippen molar-refractivity contribution in [3.05, 3.63) is 130 Å². The number of carbonyl (C=O) groups excluding carboxylic acids is 4. The van der Waals surface area contributed by atoms with Crippen LogP contribution < -0.4 is 29.1 Å². The van der Waals surface area contributed by atoms with Crippen LogP contribution in [0.4, 0.5) is 32.9 Å². The molecular formula is C48H44Br2N12O6. The molecule has 0 atom stereocenters. The molecule has 0 bridgehead atoms. The molecule has 4 saturated heterocycles. The van der Waals surface area contributed by atoms with E-state index < -0.39 is 35.0 Å². The van der Waals surface area contributed by atoms with Crippen LogP contribution in [0.1, 0.15) is 37.1 Å². The minimum absolute atomic E-state index is 0.0216. The van der Waals surface area contributed by atoms with Gasteiger partial charge in [0.2, 0.25) is 23.7 Å². The summed E-state index contributed by atoms with van der Waals surface area (Å²) in [5.74, 6) is -0.736. The number of amides is 6. The van der Waals surface area contributed by atoms with Crippen LogP contribution in [0.5, 0.6) is 11.8 Å². The zero-order valence-corrected chi connectivity index (χ0v) is 40.2. The molecule has 0 radical (unpaired) electrons. The Hall–Kier alpha value is -6.74. The van der Waals surface area contributed by atoms with E-state index in [4.69, 9.17) is 9.47 Å². The van der Waals surface area contributed by atoms with Gasteiger partial charge in [0.15, 0.2) is 0 Å². The standard InChI is InChI=1S/C48H44Br2N12O6/c1-67-39-14-22-53-43(55-39)61-45(65)59(41(63)47(61)16-24-57(25-17-47)29-35-33(49)10-6-20-51-35)37-13-12-32(31-8-4-3-5-9-31)28-38(37)60-42(64)48(62(46(60)66)44-54-23-15-40(56-44)68-2)18-26-58(27-19-48)30-36-34(50)11-7-21-52-36/h3-15,20-23,28H,16-19,24-27,29-30H2,1-2H3. The average molecular weight is 1040 g/mol. The molecule has 8 heterocycles. The summed E-state index contributed by atoms with van der Waals surface area (Å²) in [4.78, 5) is 98.6. The number of likely N-dealkylation sites (tertiary alicyclic amines) is 2. The Balaban J connectivity index is 1.08. The molecule has 2 aromatic carbocycles. The van der Waals surface area contributed by atoms with E-state index in [1.165, 1.54) is 36.4 Å². The van der Waals surface area contributed by atoms with E-state index in [1.807, 2.05) is 54.6 Å². The summed E-state index contributed by atoms with van der Waals surface area (Å²) in [5, 5.41) is 0. The van der Waals surface area contributed by atoms with Crippen molar-refractivity contribution in [3.8, 4) is 22.9 Å². The Morgan fingerprint density at radius 3 is 1.46 bits per heavy atom. The highest BCUT2D eigenvalue weighted by Gasteiger charge is 2.63. The van der Waals surface area contributed by atoms with Crippen molar-refractivity contribution in [2.75, 3.05) is 60.0 Å². The summed E-state index contributed by atoms with van der Waals surface area (Å²) in [6.07, 6.45) is 7.27. The minimum Gasteiger partial charge on any atom is -0.481 e. The fraction of sp³-hybridized carbons (Fsp3) is 0.292. The predicted octanol–water partition coefficient (Wildman–Crippen LogP) is 7.28. The highest BCUT2D eigenvalue weighted by Crippen LogP contribution is 2.49. The van der Waals surface area contributed by atoms with Gasteiger partial charge in [-0.25, -0.2) is 39.2 Å². The molecule has 68 heavy (non-hydrogen) atoms. The first-order valence-corrected chi connectivity index (χ1v) is 23.6. The number of nitrogens with zero attached hydrogens (tertiary/aromatic N) is 12. The smallest absolute Gasteiger partial charge is 0.339 e. The van der Waals surface area contributed by atoms with Gasteiger partial charge in [-0.15, -0.1) is 0 Å². The van der Waals surface area contributed by atoms with Gasteiger partial charge in [-0.2, -0.15) is 9.97 Å². The van der Waals surface area contributed by atoms with E-state index in [1.54, 1.807) is 42.7 Å². The van der Waals surface area contributed by atoms with Crippen molar-refractivity contribution in [2.24, 2.45) is 0 Å². The van der Waals surface area contributed by atoms with Crippen LogP contribution in [0, 0.1) is 0 Å². The Morgan fingerprint density at radius 1 is 0.529 bits per heavy atom. The molecule has 0 aliphatic carbocycles. The maximum atomic E-state index is 15.7. The number of benzene rings is 2. The molecule has 346 valence electrons. The second-order valence-corrected chi connectivity index (χ2v) is 18.6. The summed E-state index contributed by atoms with van der Waals surface area (Å²) in [6.45, 7) is 2.70. The fourth-order valence-corrected chi connectivity index (χ4v) is 10.4. The molecule has 4 aliphatic heterocycles. The number of halogens is 2. The number of piperidine rings is 2. The van der Waals surface area contributed by atoms with Crippen LogP contribution in [0.15, 0.2) is 119 Å². The second-order valence-electron chi connectivity index (χ2n) is 16.9. The van der Waals surface area contributed by atoms with E-state index in [0.29, 0.717) is 44.8 Å². The molecule has 4 fully saturated rings. The lowest BCUT2D eigenvalue weighted by Gasteiger charge is -2.41. The number of carbonyl (C=O) groups is 4. The lowest BCUT2D eigenvalue weighted by atomic mass is 9.85. The zero-order chi connectivity index (χ0) is 47.2. The first kappa shape index (κ1) is 45.1. The normalized spacial score (nSPS) is 18.4. The predicted molar refractivity (Wildman–Crippen MR) is 258 cm³/mol. The summed E-state index contributed by atoms with van der Waals surface area (Å²) in [6, 6.07) is 23.7. The lowest BCUT2D eigenvalue weighted by molar-refractivity contribution is -0.124. The van der Waals surface area contributed by atoms with Crippen molar-refractivity contribution in [3.63, 3.8) is 0 Å². The Bertz CT molecular complexity index is 2930. The molecule has 0 N–H and O–H groups in total. The van der Waals surface area contributed by atoms with Crippen LogP contribution in [-0.2, 0) is 22.7 Å². The molecule has 0 saturated carbocycles. The molecule has 4 aromatic heterocycles. The monoisotopic (exact) mass is 1040 g/mol. The number of hydrogen-bond donors (Lipinski definition) is 0. The maximum Gasteiger partial charge on any atom is 0.339 e. The number of rotatable bonds is 11. The van der Waals surface area contributed by atoms with Gasteiger partial charge in [0.25, 0.3) is 11.8 Å². The molecule has 18 nitrogen and oxygen atoms in total. The Labute approximate surface area is 408 Å². The zero-order valence-electron chi connectivity index (χ0n) is 37.0. The van der Waals surface area contributed by atoms with Crippen molar-refractivity contribution in [2.45, 2.75) is 49.9 Å². The summed E-state index contributed by atoms with van der Waals surface area (Å²) >= 11 is 7.22. The first-order valence-electron chi connectivity index (χ1n) is 22.0. The molecule has 6 amide bonds. The second kappa shape index (κ2) is 18.4. The van der Waals surface area contributed by atoms with E-state index in [9.17, 15) is 0 Å². The van der Waals surface area contributed by atoms with Gasteiger partial charge >= 0.3 is 12.1 Å². The molecule has 10 rings (SSSR count). The fourth-order valence-electron chi connectivity index (χ4n) is 9.67. The van der Waals surface area contributed by atoms with E-state index >= 15 is 19.2 Å². The van der Waals surface area contributed by atoms with Gasteiger partial charge in [-0.3, -0.25) is 29.4 Å². The van der Waals surface area contributed by atoms with Crippen LogP contribution in [-0.4, -0.2) is 115 Å². The van der Waals surface area contributed by atoms with Gasteiger partial charge in [0.1, 0.15) is 11.1 Å². The number of ether oxygens (including phenoxy) is 2. The number of anilines is 4. The minimum atomic E-state index is -1.46. The van der Waals surface area contributed by atoms with Crippen molar-refractivity contribution >= 4 is 79.0 Å². The van der Waals surface area contributed by atoms with Crippen LogP contribution in [0.2, 0.25) is 0 Å². The molecule has 0 unspecified atom stereocenters. The quantitative estimate of drug-likeness (QED) is 0.118. The van der Waals surface area contributed by atoms with Crippen LogP contribution in [0.25, 0.3) is 11.1 Å². The molecule has 4 aliphatic rings. The summed E-state index contributed by atoms with van der Waals surface area (Å²) < 4.78 is 12.7. The third kappa shape index (κ3) is 7.83. The van der Waals surface area contributed by atoms with E-state index in [2.05, 4.69) is 71.6 Å². The Morgan fingerprint density at radius 2 is 1.00 bits per heavy atom. The van der Waals surface area contributed by atoms with E-state index in [0.717, 1.165) is 35.7 Å². The number of pyridine rings is 2. The third-order valence-corrected chi connectivity index (χ3v) is 14.7. The number of imide groups is 2. The van der Waals surface area contributed by atoms with E-state index in [-0.39, 0.29) is 60.7 Å². The molecule has 2 spiro atoms. The lowest BCUT2D eigenvalue weighted by Crippen LogP contribution is -2.57. The SMILES string of the molecule is COc1ccnc(N2C(=O)N(c3ccc(-c4ccccc4)cc3N3C(=O)N(c4nccc(OC)n4)C4(CCN(Cc5ncccc5Br)CC4)C3=O)C(=O)C23CCN(Cc2ncccc2Br)CC3)n1. The molecule has 20 heteroatoms. The summed E-state index contributed by atoms with van der Waals surface area (Å²) in [7, 11) is 2.92. The van der Waals surface area contributed by atoms with Crippen LogP contribution >= 0.6 is 31.9 Å². The molecular weight excluding hydrogens is 1000 g/mol. The van der Waals surface area contributed by atoms with Crippen molar-refractivity contribution < 1.29 is 28.7 Å². The first-order chi connectivity index (χ1) is 33.0. The number of hydrogen-bond acceptors (Lipinski definition) is 14. The Kier molecular flexibility index (Phi) is 12.2. The number of aromatic nitrogens is 6. The third-order valence-electron chi connectivity index (χ3n) is 13.2. The highest BCUT2D eigenvalue weighted by molar-refractivity contribution is 9.10. The highest BCUT2D eigenvalue weighted by atomic mass is 79.9.